The van der Waals surface area contributed by atoms with Crippen molar-refractivity contribution < 1.29 is 14.1 Å². The first-order chi connectivity index (χ1) is 10.9. The Morgan fingerprint density at radius 1 is 1.30 bits per heavy atom. The first kappa shape index (κ1) is 17.2. The zero-order valence-corrected chi connectivity index (χ0v) is 13.8. The molecule has 0 spiro atoms. The van der Waals surface area contributed by atoms with E-state index in [4.69, 9.17) is 9.26 Å². The van der Waals surface area contributed by atoms with Gasteiger partial charge in [-0.1, -0.05) is 35.5 Å². The molecule has 6 heteroatoms. The molecule has 0 saturated carbocycles. The van der Waals surface area contributed by atoms with Crippen LogP contribution in [0.1, 0.15) is 25.2 Å². The molecule has 0 unspecified atom stereocenters. The molecule has 0 atom stereocenters. The van der Waals surface area contributed by atoms with Gasteiger partial charge < -0.3 is 19.9 Å². The SMILES string of the molecule is Cc1cc(NC(=O)CNC(C)(C)COCc2ccccc2)no1. The summed E-state index contributed by atoms with van der Waals surface area (Å²) in [5, 5.41) is 9.57. The third kappa shape index (κ3) is 6.22. The zero-order chi connectivity index (χ0) is 16.7. The van der Waals surface area contributed by atoms with E-state index in [1.54, 1.807) is 13.0 Å². The molecule has 0 saturated heterocycles. The Hall–Kier alpha value is -2.18. The van der Waals surface area contributed by atoms with Gasteiger partial charge in [0, 0.05) is 11.6 Å². The van der Waals surface area contributed by atoms with E-state index >= 15 is 0 Å². The van der Waals surface area contributed by atoms with E-state index in [0.29, 0.717) is 24.8 Å². The van der Waals surface area contributed by atoms with Crippen LogP contribution in [0.15, 0.2) is 40.9 Å². The van der Waals surface area contributed by atoms with E-state index in [2.05, 4.69) is 15.8 Å². The first-order valence-electron chi connectivity index (χ1n) is 7.54. The Morgan fingerprint density at radius 2 is 2.04 bits per heavy atom. The normalized spacial score (nSPS) is 11.4. The summed E-state index contributed by atoms with van der Waals surface area (Å²) in [7, 11) is 0. The van der Waals surface area contributed by atoms with Crippen LogP contribution in [0.25, 0.3) is 0 Å². The fraction of sp³-hybridized carbons (Fsp3) is 0.412. The standard InChI is InChI=1S/C17H23N3O3/c1-13-9-15(20-23-13)19-16(21)10-18-17(2,3)12-22-11-14-7-5-4-6-8-14/h4-9,18H,10-12H2,1-3H3,(H,19,20,21). The second kappa shape index (κ2) is 7.89. The minimum Gasteiger partial charge on any atom is -0.375 e. The maximum Gasteiger partial charge on any atom is 0.239 e. The number of benzene rings is 1. The number of ether oxygens (including phenoxy) is 1. The average molecular weight is 317 g/mol. The third-order valence-corrected chi connectivity index (χ3v) is 3.20. The van der Waals surface area contributed by atoms with Gasteiger partial charge in [0.05, 0.1) is 19.8 Å². The number of rotatable bonds is 8. The number of nitrogens with one attached hydrogen (secondary N) is 2. The number of aryl methyl sites for hydroxylation is 1. The van der Waals surface area contributed by atoms with Crippen molar-refractivity contribution in [2.75, 3.05) is 18.5 Å². The van der Waals surface area contributed by atoms with Crippen molar-refractivity contribution in [2.24, 2.45) is 0 Å². The van der Waals surface area contributed by atoms with Gasteiger partial charge in [-0.3, -0.25) is 4.79 Å². The number of carbonyl (C=O) groups excluding carboxylic acids is 1. The molecule has 124 valence electrons. The minimum atomic E-state index is -0.314. The summed E-state index contributed by atoms with van der Waals surface area (Å²) in [6.45, 7) is 6.98. The first-order valence-corrected chi connectivity index (χ1v) is 7.54. The fourth-order valence-corrected chi connectivity index (χ4v) is 1.98. The maximum atomic E-state index is 11.9. The molecule has 2 aromatic rings. The van der Waals surface area contributed by atoms with Crippen LogP contribution in [0.4, 0.5) is 5.82 Å². The molecular weight excluding hydrogens is 294 g/mol. The van der Waals surface area contributed by atoms with Crippen LogP contribution < -0.4 is 10.6 Å². The van der Waals surface area contributed by atoms with Crippen molar-refractivity contribution in [3.8, 4) is 0 Å². The van der Waals surface area contributed by atoms with Gasteiger partial charge in [0.1, 0.15) is 5.76 Å². The number of nitrogens with zero attached hydrogens (tertiary/aromatic N) is 1. The smallest absolute Gasteiger partial charge is 0.239 e. The summed E-state index contributed by atoms with van der Waals surface area (Å²) >= 11 is 0. The highest BCUT2D eigenvalue weighted by Gasteiger charge is 2.19. The van der Waals surface area contributed by atoms with Crippen LogP contribution in [0.3, 0.4) is 0 Å². The molecule has 2 N–H and O–H groups in total. The molecule has 0 aliphatic carbocycles. The molecule has 0 bridgehead atoms. The maximum absolute atomic E-state index is 11.9. The third-order valence-electron chi connectivity index (χ3n) is 3.20. The molecule has 23 heavy (non-hydrogen) atoms. The van der Waals surface area contributed by atoms with E-state index < -0.39 is 0 Å². The Kier molecular flexibility index (Phi) is 5.90. The number of hydrogen-bond donors (Lipinski definition) is 2. The predicted octanol–water partition coefficient (Wildman–Crippen LogP) is 2.51. The lowest BCUT2D eigenvalue weighted by atomic mass is 10.1. The molecule has 1 aromatic heterocycles. The zero-order valence-electron chi connectivity index (χ0n) is 13.8. The van der Waals surface area contributed by atoms with Crippen LogP contribution >= 0.6 is 0 Å². The Morgan fingerprint density at radius 3 is 2.70 bits per heavy atom. The van der Waals surface area contributed by atoms with Gasteiger partial charge in [-0.05, 0) is 26.3 Å². The van der Waals surface area contributed by atoms with E-state index in [-0.39, 0.29) is 18.0 Å². The van der Waals surface area contributed by atoms with Crippen LogP contribution in [0.2, 0.25) is 0 Å². The van der Waals surface area contributed by atoms with E-state index in [1.807, 2.05) is 44.2 Å². The van der Waals surface area contributed by atoms with Gasteiger partial charge in [0.15, 0.2) is 5.82 Å². The highest BCUT2D eigenvalue weighted by Crippen LogP contribution is 2.08. The molecule has 0 aliphatic rings. The average Bonchev–Trinajstić information content (AvgIpc) is 2.91. The molecule has 0 aliphatic heterocycles. The van der Waals surface area contributed by atoms with E-state index in [1.165, 1.54) is 0 Å². The monoisotopic (exact) mass is 317 g/mol. The van der Waals surface area contributed by atoms with Crippen molar-refractivity contribution in [2.45, 2.75) is 32.9 Å². The lowest BCUT2D eigenvalue weighted by Crippen LogP contribution is -2.47. The van der Waals surface area contributed by atoms with Crippen LogP contribution in [-0.2, 0) is 16.1 Å². The number of hydrogen-bond acceptors (Lipinski definition) is 5. The summed E-state index contributed by atoms with van der Waals surface area (Å²) < 4.78 is 10.6. The summed E-state index contributed by atoms with van der Waals surface area (Å²) in [5.74, 6) is 0.907. The van der Waals surface area contributed by atoms with Crippen LogP contribution in [-0.4, -0.2) is 29.8 Å². The molecule has 1 amide bonds. The van der Waals surface area contributed by atoms with Crippen molar-refractivity contribution in [1.82, 2.24) is 10.5 Å². The number of anilines is 1. The highest BCUT2D eigenvalue weighted by molar-refractivity contribution is 5.91. The van der Waals surface area contributed by atoms with Gasteiger partial charge >= 0.3 is 0 Å². The summed E-state index contributed by atoms with van der Waals surface area (Å²) in [5.41, 5.74) is 0.814. The lowest BCUT2D eigenvalue weighted by Gasteiger charge is -2.25. The highest BCUT2D eigenvalue weighted by atomic mass is 16.5. The van der Waals surface area contributed by atoms with E-state index in [9.17, 15) is 4.79 Å². The Bertz CT molecular complexity index is 623. The van der Waals surface area contributed by atoms with Crippen molar-refractivity contribution in [3.63, 3.8) is 0 Å². The number of aromatic nitrogens is 1. The minimum absolute atomic E-state index is 0.172. The second-order valence-corrected chi connectivity index (χ2v) is 6.09. The number of carbonyl (C=O) groups is 1. The van der Waals surface area contributed by atoms with Gasteiger partial charge in [-0.15, -0.1) is 0 Å². The molecule has 1 aromatic carbocycles. The molecule has 1 heterocycles. The van der Waals surface area contributed by atoms with Crippen molar-refractivity contribution in [3.05, 3.63) is 47.7 Å². The Balaban J connectivity index is 1.69. The summed E-state index contributed by atoms with van der Waals surface area (Å²) in [6, 6.07) is 11.7. The topological polar surface area (TPSA) is 76.4 Å². The molecule has 6 nitrogen and oxygen atoms in total. The Labute approximate surface area is 136 Å². The summed E-state index contributed by atoms with van der Waals surface area (Å²) in [4.78, 5) is 11.9. The van der Waals surface area contributed by atoms with Crippen molar-refractivity contribution >= 4 is 11.7 Å². The largest absolute Gasteiger partial charge is 0.375 e. The van der Waals surface area contributed by atoms with E-state index in [0.717, 1.165) is 5.56 Å². The fourth-order valence-electron chi connectivity index (χ4n) is 1.98. The molecule has 2 rings (SSSR count). The lowest BCUT2D eigenvalue weighted by molar-refractivity contribution is -0.115. The van der Waals surface area contributed by atoms with Crippen LogP contribution in [0.5, 0.6) is 0 Å². The second-order valence-electron chi connectivity index (χ2n) is 6.09. The predicted molar refractivity (Wildman–Crippen MR) is 88.0 cm³/mol. The van der Waals surface area contributed by atoms with Gasteiger partial charge in [0.25, 0.3) is 0 Å². The van der Waals surface area contributed by atoms with Gasteiger partial charge in [-0.25, -0.2) is 0 Å². The van der Waals surface area contributed by atoms with Crippen LogP contribution in [0, 0.1) is 6.92 Å². The molecule has 0 radical (unpaired) electrons. The van der Waals surface area contributed by atoms with Gasteiger partial charge in [0.2, 0.25) is 5.91 Å². The van der Waals surface area contributed by atoms with Crippen molar-refractivity contribution in [1.29, 1.82) is 0 Å². The summed E-state index contributed by atoms with van der Waals surface area (Å²) in [6.07, 6.45) is 0. The quantitative estimate of drug-likeness (QED) is 0.782. The number of amides is 1. The molecule has 0 fully saturated rings. The molecular formula is C17H23N3O3. The van der Waals surface area contributed by atoms with Gasteiger partial charge in [-0.2, -0.15) is 0 Å².